The second-order valence-corrected chi connectivity index (χ2v) is 5.37. The Morgan fingerprint density at radius 3 is 2.94 bits per heavy atom. The highest BCUT2D eigenvalue weighted by Crippen LogP contribution is 2.29. The minimum absolute atomic E-state index is 0.299. The van der Waals surface area contributed by atoms with Gasteiger partial charge >= 0.3 is 0 Å². The van der Waals surface area contributed by atoms with Crippen molar-refractivity contribution in [1.82, 2.24) is 9.88 Å². The van der Waals surface area contributed by atoms with Crippen LogP contribution in [-0.2, 0) is 4.74 Å². The first-order valence-corrected chi connectivity index (χ1v) is 7.01. The van der Waals surface area contributed by atoms with Gasteiger partial charge in [-0.3, -0.25) is 4.90 Å². The molecule has 2 heterocycles. The fourth-order valence-corrected chi connectivity index (χ4v) is 3.02. The van der Waals surface area contributed by atoms with E-state index in [4.69, 9.17) is 9.72 Å². The summed E-state index contributed by atoms with van der Waals surface area (Å²) in [6.45, 7) is 2.54. The third kappa shape index (κ3) is 2.32. The molecule has 1 aromatic heterocycles. The maximum atomic E-state index is 5.54. The quantitative estimate of drug-likeness (QED) is 0.830. The number of thiazole rings is 1. The van der Waals surface area contributed by atoms with Crippen LogP contribution in [0.15, 0.2) is 35.7 Å². The maximum Gasteiger partial charge on any atom is 0.123 e. The third-order valence-corrected chi connectivity index (χ3v) is 4.19. The Morgan fingerprint density at radius 2 is 2.17 bits per heavy atom. The molecule has 1 aliphatic rings. The zero-order valence-electron chi connectivity index (χ0n) is 10.4. The van der Waals surface area contributed by atoms with Gasteiger partial charge in [-0.25, -0.2) is 4.98 Å². The molecule has 3 rings (SSSR count). The maximum absolute atomic E-state index is 5.54. The molecular formula is C14H16N2OS. The monoisotopic (exact) mass is 260 g/mol. The molecule has 0 unspecified atom stereocenters. The lowest BCUT2D eigenvalue weighted by Crippen LogP contribution is -2.36. The molecule has 0 saturated carbocycles. The molecule has 0 spiro atoms. The van der Waals surface area contributed by atoms with Crippen molar-refractivity contribution in [3.05, 3.63) is 41.4 Å². The van der Waals surface area contributed by atoms with Crippen molar-refractivity contribution in [3.8, 4) is 10.6 Å². The normalized spacial score (nSPS) is 21.1. The van der Waals surface area contributed by atoms with E-state index in [-0.39, 0.29) is 0 Å². The highest BCUT2D eigenvalue weighted by molar-refractivity contribution is 7.13. The Kier molecular flexibility index (Phi) is 3.41. The lowest BCUT2D eigenvalue weighted by Gasteiger charge is -2.31. The Balaban J connectivity index is 1.85. The molecule has 0 bridgehead atoms. The van der Waals surface area contributed by atoms with E-state index in [1.165, 1.54) is 5.56 Å². The first-order chi connectivity index (χ1) is 8.84. The summed E-state index contributed by atoms with van der Waals surface area (Å²) >= 11 is 1.70. The summed E-state index contributed by atoms with van der Waals surface area (Å²) in [5, 5.41) is 3.24. The number of benzene rings is 1. The van der Waals surface area contributed by atoms with Crippen molar-refractivity contribution < 1.29 is 4.74 Å². The predicted molar refractivity (Wildman–Crippen MR) is 73.7 cm³/mol. The van der Waals surface area contributed by atoms with Gasteiger partial charge in [-0.05, 0) is 7.05 Å². The second-order valence-electron chi connectivity index (χ2n) is 4.51. The van der Waals surface area contributed by atoms with Crippen molar-refractivity contribution >= 4 is 11.3 Å². The van der Waals surface area contributed by atoms with E-state index in [0.717, 1.165) is 30.5 Å². The average Bonchev–Trinajstić information content (AvgIpc) is 2.90. The summed E-state index contributed by atoms with van der Waals surface area (Å²) in [7, 11) is 2.13. The van der Waals surface area contributed by atoms with E-state index in [2.05, 4.69) is 29.5 Å². The Hall–Kier alpha value is -1.23. The molecule has 1 aromatic carbocycles. The smallest absolute Gasteiger partial charge is 0.123 e. The van der Waals surface area contributed by atoms with E-state index in [1.807, 2.05) is 18.2 Å². The fraction of sp³-hybridized carbons (Fsp3) is 0.357. The van der Waals surface area contributed by atoms with Gasteiger partial charge in [-0.1, -0.05) is 30.3 Å². The Bertz CT molecular complexity index is 512. The van der Waals surface area contributed by atoms with Crippen LogP contribution < -0.4 is 0 Å². The molecule has 1 saturated heterocycles. The number of ether oxygens (including phenoxy) is 1. The zero-order chi connectivity index (χ0) is 12.4. The molecule has 1 fully saturated rings. The molecule has 18 heavy (non-hydrogen) atoms. The second kappa shape index (κ2) is 5.18. The number of morpholine rings is 1. The number of rotatable bonds is 2. The third-order valence-electron chi connectivity index (χ3n) is 3.28. The van der Waals surface area contributed by atoms with Gasteiger partial charge in [-0.2, -0.15) is 0 Å². The number of aromatic nitrogens is 1. The van der Waals surface area contributed by atoms with Gasteiger partial charge in [0.25, 0.3) is 0 Å². The summed E-state index contributed by atoms with van der Waals surface area (Å²) in [5.41, 5.74) is 2.31. The molecule has 0 radical (unpaired) electrons. The van der Waals surface area contributed by atoms with Crippen molar-refractivity contribution in [2.45, 2.75) is 6.04 Å². The van der Waals surface area contributed by atoms with Crippen molar-refractivity contribution in [1.29, 1.82) is 0 Å². The van der Waals surface area contributed by atoms with E-state index < -0.39 is 0 Å². The minimum Gasteiger partial charge on any atom is -0.378 e. The molecule has 3 nitrogen and oxygen atoms in total. The van der Waals surface area contributed by atoms with E-state index in [1.54, 1.807) is 11.3 Å². The highest BCUT2D eigenvalue weighted by Gasteiger charge is 2.23. The fourth-order valence-electron chi connectivity index (χ4n) is 2.15. The largest absolute Gasteiger partial charge is 0.378 e. The van der Waals surface area contributed by atoms with Crippen LogP contribution in [0, 0.1) is 0 Å². The van der Waals surface area contributed by atoms with Crippen molar-refractivity contribution in [3.63, 3.8) is 0 Å². The molecule has 1 atom stereocenters. The van der Waals surface area contributed by atoms with Crippen LogP contribution in [0.1, 0.15) is 11.7 Å². The molecule has 0 amide bonds. The minimum atomic E-state index is 0.299. The zero-order valence-corrected chi connectivity index (χ0v) is 11.2. The van der Waals surface area contributed by atoms with Crippen LogP contribution in [0.3, 0.4) is 0 Å². The molecule has 1 aliphatic heterocycles. The van der Waals surface area contributed by atoms with Crippen LogP contribution >= 0.6 is 11.3 Å². The SMILES string of the molecule is CN1CCOC[C@H]1c1csc(-c2ccccc2)n1. The standard InChI is InChI=1S/C14H16N2OS/c1-16-7-8-17-9-13(16)12-10-18-14(15-12)11-5-3-2-4-6-11/h2-6,10,13H,7-9H2,1H3/t13-/m0/s1. The van der Waals surface area contributed by atoms with Crippen molar-refractivity contribution in [2.75, 3.05) is 26.8 Å². The summed E-state index contributed by atoms with van der Waals surface area (Å²) in [6, 6.07) is 10.6. The van der Waals surface area contributed by atoms with Gasteiger partial charge in [0, 0.05) is 17.5 Å². The molecule has 94 valence electrons. The summed E-state index contributed by atoms with van der Waals surface area (Å²) < 4.78 is 5.54. The molecular weight excluding hydrogens is 244 g/mol. The van der Waals surface area contributed by atoms with Gasteiger partial charge in [-0.15, -0.1) is 11.3 Å². The van der Waals surface area contributed by atoms with E-state index in [0.29, 0.717) is 6.04 Å². The van der Waals surface area contributed by atoms with E-state index >= 15 is 0 Å². The molecule has 4 heteroatoms. The summed E-state index contributed by atoms with van der Waals surface area (Å²) in [5.74, 6) is 0. The van der Waals surface area contributed by atoms with Gasteiger partial charge in [0.05, 0.1) is 24.9 Å². The Morgan fingerprint density at radius 1 is 1.33 bits per heavy atom. The van der Waals surface area contributed by atoms with Gasteiger partial charge in [0.1, 0.15) is 5.01 Å². The average molecular weight is 260 g/mol. The van der Waals surface area contributed by atoms with E-state index in [9.17, 15) is 0 Å². The number of nitrogens with zero attached hydrogens (tertiary/aromatic N) is 2. The van der Waals surface area contributed by atoms with Crippen LogP contribution in [0.4, 0.5) is 0 Å². The van der Waals surface area contributed by atoms with Gasteiger partial charge in [0.15, 0.2) is 0 Å². The van der Waals surface area contributed by atoms with Crippen LogP contribution in [0.5, 0.6) is 0 Å². The summed E-state index contributed by atoms with van der Waals surface area (Å²) in [4.78, 5) is 7.06. The molecule has 0 aliphatic carbocycles. The highest BCUT2D eigenvalue weighted by atomic mass is 32.1. The first kappa shape index (κ1) is 11.8. The van der Waals surface area contributed by atoms with Crippen LogP contribution in [0.2, 0.25) is 0 Å². The predicted octanol–water partition coefficient (Wildman–Crippen LogP) is 2.81. The lowest BCUT2D eigenvalue weighted by atomic mass is 10.2. The van der Waals surface area contributed by atoms with Gasteiger partial charge in [0.2, 0.25) is 0 Å². The number of hydrogen-bond donors (Lipinski definition) is 0. The summed E-state index contributed by atoms with van der Waals surface area (Å²) in [6.07, 6.45) is 0. The van der Waals surface area contributed by atoms with Gasteiger partial charge < -0.3 is 4.74 Å². The van der Waals surface area contributed by atoms with Crippen molar-refractivity contribution in [2.24, 2.45) is 0 Å². The molecule has 0 N–H and O–H groups in total. The Labute approximate surface area is 111 Å². The number of likely N-dealkylation sites (N-methyl/N-ethyl adjacent to an activating group) is 1. The van der Waals surface area contributed by atoms with Crippen LogP contribution in [0.25, 0.3) is 10.6 Å². The topological polar surface area (TPSA) is 25.4 Å². The number of hydrogen-bond acceptors (Lipinski definition) is 4. The van der Waals surface area contributed by atoms with Crippen LogP contribution in [-0.4, -0.2) is 36.7 Å². The molecule has 2 aromatic rings. The first-order valence-electron chi connectivity index (χ1n) is 6.13. The lowest BCUT2D eigenvalue weighted by molar-refractivity contribution is 0.00376.